The third kappa shape index (κ3) is 4.54. The highest BCUT2D eigenvalue weighted by atomic mass is 32.1. The number of hydrogen-bond acceptors (Lipinski definition) is 8. The second-order valence-corrected chi connectivity index (χ2v) is 9.31. The monoisotopic (exact) mass is 473 g/mol. The Balaban J connectivity index is 1.29. The summed E-state index contributed by atoms with van der Waals surface area (Å²) in [7, 11) is 0. The Morgan fingerprint density at radius 2 is 2.03 bits per heavy atom. The normalized spacial score (nSPS) is 13.6. The van der Waals surface area contributed by atoms with Crippen molar-refractivity contribution in [2.24, 2.45) is 5.84 Å². The van der Waals surface area contributed by atoms with Crippen LogP contribution >= 0.6 is 11.3 Å². The van der Waals surface area contributed by atoms with Gasteiger partial charge in [-0.3, -0.25) is 10.6 Å². The van der Waals surface area contributed by atoms with Gasteiger partial charge in [0.15, 0.2) is 0 Å². The number of benzene rings is 2. The average molecular weight is 474 g/mol. The highest BCUT2D eigenvalue weighted by Crippen LogP contribution is 2.31. The third-order valence-electron chi connectivity index (χ3n) is 6.13. The summed E-state index contributed by atoms with van der Waals surface area (Å²) in [6.07, 6.45) is 1.46. The number of hydrogen-bond donors (Lipinski definition) is 3. The summed E-state index contributed by atoms with van der Waals surface area (Å²) in [4.78, 5) is 17.6. The second kappa shape index (κ2) is 9.30. The fourth-order valence-electron chi connectivity index (χ4n) is 4.15. The number of nitrogens with one attached hydrogen (secondary N) is 2. The minimum absolute atomic E-state index is 0.120. The Bertz CT molecular complexity index is 1310. The van der Waals surface area contributed by atoms with Crippen molar-refractivity contribution in [3.8, 4) is 0 Å². The number of amides is 1. The van der Waals surface area contributed by atoms with E-state index >= 15 is 0 Å². The molecule has 1 saturated heterocycles. The number of anilines is 4. The summed E-state index contributed by atoms with van der Waals surface area (Å²) in [5.74, 6) is 6.61. The van der Waals surface area contributed by atoms with Crippen molar-refractivity contribution in [3.63, 3.8) is 0 Å². The highest BCUT2D eigenvalue weighted by Gasteiger charge is 2.29. The third-order valence-corrected chi connectivity index (χ3v) is 7.14. The zero-order valence-electron chi connectivity index (χ0n) is 18.7. The van der Waals surface area contributed by atoms with Crippen LogP contribution in [0.4, 0.5) is 22.9 Å². The summed E-state index contributed by atoms with van der Waals surface area (Å²) in [5, 5.41) is 22.1. The summed E-state index contributed by atoms with van der Waals surface area (Å²) < 4.78 is 1.22. The molecule has 0 bridgehead atoms. The maximum absolute atomic E-state index is 11.9. The van der Waals surface area contributed by atoms with E-state index in [0.29, 0.717) is 29.1 Å². The largest absolute Gasteiger partial charge is 0.743 e. The van der Waals surface area contributed by atoms with Crippen LogP contribution in [0.15, 0.2) is 66.2 Å². The van der Waals surface area contributed by atoms with Gasteiger partial charge in [0.1, 0.15) is 5.82 Å². The molecule has 4 N–H and O–H groups in total. The van der Waals surface area contributed by atoms with Gasteiger partial charge in [0.2, 0.25) is 5.91 Å². The zero-order valence-corrected chi connectivity index (χ0v) is 19.5. The van der Waals surface area contributed by atoms with Crippen LogP contribution in [-0.2, 0) is 11.3 Å². The molecule has 2 aromatic carbocycles. The van der Waals surface area contributed by atoms with Crippen molar-refractivity contribution < 1.29 is 4.79 Å². The van der Waals surface area contributed by atoms with Crippen LogP contribution in [0, 0.1) is 5.21 Å². The van der Waals surface area contributed by atoms with Crippen LogP contribution < -0.4 is 21.6 Å². The van der Waals surface area contributed by atoms with Gasteiger partial charge < -0.3 is 25.9 Å². The van der Waals surface area contributed by atoms with Crippen LogP contribution in [-0.4, -0.2) is 28.9 Å². The predicted molar refractivity (Wildman–Crippen MR) is 138 cm³/mol. The maximum Gasteiger partial charge on any atom is 0.219 e. The van der Waals surface area contributed by atoms with Crippen molar-refractivity contribution in [2.45, 2.75) is 19.4 Å². The van der Waals surface area contributed by atoms with Gasteiger partial charge in [0.25, 0.3) is 0 Å². The van der Waals surface area contributed by atoms with Gasteiger partial charge in [-0.2, -0.15) is 0 Å². The molecule has 0 atom stereocenters. The first-order valence-electron chi connectivity index (χ1n) is 11.0. The molecular weight excluding hydrogens is 448 g/mol. The lowest BCUT2D eigenvalue weighted by Gasteiger charge is -2.39. The molecule has 34 heavy (non-hydrogen) atoms. The molecule has 1 amide bonds. The summed E-state index contributed by atoms with van der Waals surface area (Å²) in [5.41, 5.74) is 4.10. The fraction of sp³-hybridized carbons (Fsp3) is 0.200. The number of carbonyl (C=O) groups excluding carboxylic acids is 1. The van der Waals surface area contributed by atoms with Crippen molar-refractivity contribution in [1.82, 2.24) is 9.88 Å². The molecule has 0 unspecified atom stereocenters. The molecule has 1 aliphatic heterocycles. The van der Waals surface area contributed by atoms with E-state index in [9.17, 15) is 10.0 Å². The number of aromatic nitrogens is 1. The van der Waals surface area contributed by atoms with E-state index in [1.807, 2.05) is 23.1 Å². The Hall–Kier alpha value is -3.66. The van der Waals surface area contributed by atoms with Gasteiger partial charge in [-0.05, 0) is 40.1 Å². The van der Waals surface area contributed by atoms with Crippen molar-refractivity contribution >= 4 is 50.2 Å². The number of thiophene rings is 1. The summed E-state index contributed by atoms with van der Waals surface area (Å²) in [6, 6.07) is 18.2. The number of nitrogens with zero attached hydrogens (tertiary/aromatic N) is 3. The number of likely N-dealkylation sites (tertiary alicyclic amines) is 1. The molecule has 2 aromatic heterocycles. The van der Waals surface area contributed by atoms with Crippen molar-refractivity contribution in [1.29, 1.82) is 0 Å². The second-order valence-electron chi connectivity index (χ2n) is 8.39. The number of hydrazine groups is 1. The van der Waals surface area contributed by atoms with Crippen LogP contribution in [0.5, 0.6) is 0 Å². The zero-order chi connectivity index (χ0) is 23.7. The number of carbonyl (C=O) groups is 1. The molecule has 0 spiro atoms. The van der Waals surface area contributed by atoms with E-state index in [1.54, 1.807) is 24.3 Å². The van der Waals surface area contributed by atoms with E-state index in [-0.39, 0.29) is 11.6 Å². The number of nitrogens with two attached hydrogens (primary N) is 1. The van der Waals surface area contributed by atoms with Crippen molar-refractivity contribution in [2.75, 3.05) is 28.9 Å². The van der Waals surface area contributed by atoms with Crippen LogP contribution in [0.25, 0.3) is 10.1 Å². The molecule has 1 fully saturated rings. The molecule has 0 radical (unpaired) electrons. The lowest BCUT2D eigenvalue weighted by molar-refractivity contribution is -0.133. The van der Waals surface area contributed by atoms with Crippen molar-refractivity contribution in [3.05, 3.63) is 82.5 Å². The molecule has 9 heteroatoms. The van der Waals surface area contributed by atoms with E-state index in [0.717, 1.165) is 24.3 Å². The first kappa shape index (κ1) is 22.1. The molecule has 5 rings (SSSR count). The molecule has 0 aliphatic carbocycles. The maximum atomic E-state index is 11.9. The minimum Gasteiger partial charge on any atom is -0.743 e. The molecule has 4 aromatic rings. The van der Waals surface area contributed by atoms with E-state index in [2.05, 4.69) is 51.3 Å². The smallest absolute Gasteiger partial charge is 0.219 e. The Kier molecular flexibility index (Phi) is 6.06. The predicted octanol–water partition coefficient (Wildman–Crippen LogP) is 4.78. The van der Waals surface area contributed by atoms with Gasteiger partial charge in [0.05, 0.1) is 17.6 Å². The average Bonchev–Trinajstić information content (AvgIpc) is 3.27. The summed E-state index contributed by atoms with van der Waals surface area (Å²) >= 11 is 1.69. The van der Waals surface area contributed by atoms with Gasteiger partial charge in [-0.25, -0.2) is 4.98 Å². The van der Waals surface area contributed by atoms with E-state index in [4.69, 9.17) is 5.84 Å². The standard InChI is InChI=1S/C25H25N6O2S/c1-16(32)30-14-20(15-30)17-5-7-21(8-6-17)29-24-11-22(23(13-28-24)31(26)33)27-12-19-4-2-3-18-9-10-34-25(18)19/h2-11,13,20H,12,14-15,26H2,1H3,(H2,27,28,29)/q-1. The quantitative estimate of drug-likeness (QED) is 0.262. The lowest BCUT2D eigenvalue weighted by Crippen LogP contribution is -2.47. The molecule has 0 saturated carbocycles. The van der Waals surface area contributed by atoms with Gasteiger partial charge in [-0.1, -0.05) is 30.3 Å². The highest BCUT2D eigenvalue weighted by molar-refractivity contribution is 7.17. The molecule has 174 valence electrons. The summed E-state index contributed by atoms with van der Waals surface area (Å²) in [6.45, 7) is 3.69. The number of rotatable bonds is 7. The number of pyridine rings is 1. The SMILES string of the molecule is CC(=O)N1CC(c2ccc(Nc3cc(NCc4cccc5ccsc45)c(N(N)[O-])cn3)cc2)C1. The minimum atomic E-state index is 0.120. The number of fused-ring (bicyclic) bond motifs is 1. The molecular formula is C25H25N6O2S-. The molecule has 8 nitrogen and oxygen atoms in total. The Labute approximate surface area is 201 Å². The Morgan fingerprint density at radius 3 is 2.76 bits per heavy atom. The fourth-order valence-corrected chi connectivity index (χ4v) is 5.07. The van der Waals surface area contributed by atoms with E-state index in [1.165, 1.54) is 21.8 Å². The lowest BCUT2D eigenvalue weighted by atomic mass is 9.91. The van der Waals surface area contributed by atoms with E-state index < -0.39 is 0 Å². The Morgan fingerprint density at radius 1 is 1.24 bits per heavy atom. The van der Waals surface area contributed by atoms with Crippen LogP contribution in [0.1, 0.15) is 24.0 Å². The van der Waals surface area contributed by atoms with Crippen LogP contribution in [0.2, 0.25) is 0 Å². The van der Waals surface area contributed by atoms with Crippen LogP contribution in [0.3, 0.4) is 0 Å². The first-order chi connectivity index (χ1) is 16.5. The van der Waals surface area contributed by atoms with Gasteiger partial charge in [-0.15, -0.1) is 11.3 Å². The van der Waals surface area contributed by atoms with Gasteiger partial charge >= 0.3 is 0 Å². The van der Waals surface area contributed by atoms with Gasteiger partial charge in [0, 0.05) is 48.9 Å². The topological polar surface area (TPSA) is 110 Å². The molecule has 3 heterocycles. The first-order valence-corrected chi connectivity index (χ1v) is 11.9. The molecule has 1 aliphatic rings.